The van der Waals surface area contributed by atoms with Crippen LogP contribution in [0.25, 0.3) is 0 Å². The van der Waals surface area contributed by atoms with E-state index in [1.54, 1.807) is 0 Å². The summed E-state index contributed by atoms with van der Waals surface area (Å²) in [6, 6.07) is 0. The van der Waals surface area contributed by atoms with E-state index in [2.05, 4.69) is 4.98 Å². The summed E-state index contributed by atoms with van der Waals surface area (Å²) >= 11 is 6.19. The lowest BCUT2D eigenvalue weighted by Crippen LogP contribution is -2.19. The molecule has 0 bridgehead atoms. The minimum Gasteiger partial charge on any atom is -0.311 e. The van der Waals surface area contributed by atoms with Crippen molar-refractivity contribution in [1.82, 2.24) is 9.55 Å². The van der Waals surface area contributed by atoms with Crippen LogP contribution in [-0.2, 0) is 17.8 Å². The SMILES string of the molecule is O=C1CCc2nc(C3CC3)c(Cl)n2C1. The molecule has 0 N–H and O–H groups in total. The quantitative estimate of drug-likeness (QED) is 0.710. The second-order valence-electron chi connectivity index (χ2n) is 4.10. The molecular weight excluding hydrogens is 200 g/mol. The van der Waals surface area contributed by atoms with Crippen molar-refractivity contribution in [3.05, 3.63) is 16.7 Å². The number of aryl methyl sites for hydroxylation is 1. The Bertz CT molecular complexity index is 406. The second kappa shape index (κ2) is 2.83. The lowest BCUT2D eigenvalue weighted by molar-refractivity contribution is -0.120. The Morgan fingerprint density at radius 2 is 2.14 bits per heavy atom. The number of hydrogen-bond donors (Lipinski definition) is 0. The maximum Gasteiger partial charge on any atom is 0.153 e. The highest BCUT2D eigenvalue weighted by atomic mass is 35.5. The summed E-state index contributed by atoms with van der Waals surface area (Å²) in [6.45, 7) is 0.424. The highest BCUT2D eigenvalue weighted by Gasteiger charge is 2.32. The van der Waals surface area contributed by atoms with Gasteiger partial charge in [-0.3, -0.25) is 4.79 Å². The maximum atomic E-state index is 11.3. The predicted molar refractivity (Wildman–Crippen MR) is 52.5 cm³/mol. The van der Waals surface area contributed by atoms with Crippen LogP contribution in [0.5, 0.6) is 0 Å². The van der Waals surface area contributed by atoms with Gasteiger partial charge in [0.25, 0.3) is 0 Å². The van der Waals surface area contributed by atoms with Crippen LogP contribution in [0.15, 0.2) is 0 Å². The fourth-order valence-electron chi connectivity index (χ4n) is 1.97. The number of aromatic nitrogens is 2. The summed E-state index contributed by atoms with van der Waals surface area (Å²) in [5.74, 6) is 1.83. The van der Waals surface area contributed by atoms with Crippen molar-refractivity contribution < 1.29 is 4.79 Å². The van der Waals surface area contributed by atoms with Crippen molar-refractivity contribution in [3.63, 3.8) is 0 Å². The number of carbonyl (C=O) groups is 1. The van der Waals surface area contributed by atoms with Gasteiger partial charge in [-0.25, -0.2) is 4.98 Å². The number of rotatable bonds is 1. The molecule has 2 heterocycles. The smallest absolute Gasteiger partial charge is 0.153 e. The first kappa shape index (κ1) is 8.48. The maximum absolute atomic E-state index is 11.3. The highest BCUT2D eigenvalue weighted by Crippen LogP contribution is 2.43. The van der Waals surface area contributed by atoms with Crippen molar-refractivity contribution in [2.45, 2.75) is 38.1 Å². The van der Waals surface area contributed by atoms with Crippen LogP contribution in [0.3, 0.4) is 0 Å². The summed E-state index contributed by atoms with van der Waals surface area (Å²) in [4.78, 5) is 15.8. The van der Waals surface area contributed by atoms with Gasteiger partial charge in [0.1, 0.15) is 11.0 Å². The van der Waals surface area contributed by atoms with Crippen molar-refractivity contribution in [1.29, 1.82) is 0 Å². The van der Waals surface area contributed by atoms with Gasteiger partial charge in [-0.05, 0) is 12.8 Å². The molecule has 1 aromatic heterocycles. The van der Waals surface area contributed by atoms with Crippen LogP contribution in [-0.4, -0.2) is 15.3 Å². The van der Waals surface area contributed by atoms with Crippen LogP contribution in [0, 0.1) is 0 Å². The molecule has 4 heteroatoms. The molecule has 0 spiro atoms. The van der Waals surface area contributed by atoms with Crippen molar-refractivity contribution in [3.8, 4) is 0 Å². The minimum atomic E-state index is 0.263. The van der Waals surface area contributed by atoms with Gasteiger partial charge >= 0.3 is 0 Å². The molecule has 74 valence electrons. The van der Waals surface area contributed by atoms with E-state index in [4.69, 9.17) is 11.6 Å². The van der Waals surface area contributed by atoms with Gasteiger partial charge in [-0.1, -0.05) is 11.6 Å². The molecule has 1 aliphatic carbocycles. The molecule has 0 radical (unpaired) electrons. The average Bonchev–Trinajstić information content (AvgIpc) is 2.95. The first-order valence-corrected chi connectivity index (χ1v) is 5.40. The summed E-state index contributed by atoms with van der Waals surface area (Å²) < 4.78 is 1.88. The molecule has 3 nitrogen and oxygen atoms in total. The van der Waals surface area contributed by atoms with Crippen molar-refractivity contribution in [2.75, 3.05) is 0 Å². The molecule has 0 aromatic carbocycles. The van der Waals surface area contributed by atoms with Crippen molar-refractivity contribution in [2.24, 2.45) is 0 Å². The summed E-state index contributed by atoms with van der Waals surface area (Å²) in [7, 11) is 0. The number of hydrogen-bond acceptors (Lipinski definition) is 2. The third kappa shape index (κ3) is 1.19. The lowest BCUT2D eigenvalue weighted by atomic mass is 10.1. The largest absolute Gasteiger partial charge is 0.311 e. The van der Waals surface area contributed by atoms with E-state index < -0.39 is 0 Å². The zero-order chi connectivity index (χ0) is 9.71. The van der Waals surface area contributed by atoms with Gasteiger partial charge in [0.2, 0.25) is 0 Å². The van der Waals surface area contributed by atoms with Gasteiger partial charge in [0.15, 0.2) is 5.78 Å². The average molecular weight is 211 g/mol. The van der Waals surface area contributed by atoms with Crippen molar-refractivity contribution >= 4 is 17.4 Å². The van der Waals surface area contributed by atoms with E-state index in [0.717, 1.165) is 17.9 Å². The fraction of sp³-hybridized carbons (Fsp3) is 0.600. The Balaban J connectivity index is 2.06. The first-order chi connectivity index (χ1) is 6.75. The minimum absolute atomic E-state index is 0.263. The Kier molecular flexibility index (Phi) is 1.71. The molecule has 1 aromatic rings. The molecule has 0 atom stereocenters. The van der Waals surface area contributed by atoms with Gasteiger partial charge in [-0.2, -0.15) is 0 Å². The zero-order valence-corrected chi connectivity index (χ0v) is 8.55. The molecule has 3 rings (SSSR count). The Labute approximate surface area is 87.1 Å². The topological polar surface area (TPSA) is 34.9 Å². The van der Waals surface area contributed by atoms with Crippen LogP contribution in [0.4, 0.5) is 0 Å². The molecule has 1 aliphatic heterocycles. The van der Waals surface area contributed by atoms with E-state index in [-0.39, 0.29) is 5.78 Å². The third-order valence-corrected chi connectivity index (χ3v) is 3.33. The fourth-order valence-corrected chi connectivity index (χ4v) is 2.33. The molecule has 1 fully saturated rings. The van der Waals surface area contributed by atoms with E-state index >= 15 is 0 Å². The van der Waals surface area contributed by atoms with E-state index in [1.807, 2.05) is 4.57 Å². The number of fused-ring (bicyclic) bond motifs is 1. The third-order valence-electron chi connectivity index (χ3n) is 2.94. The lowest BCUT2D eigenvalue weighted by Gasteiger charge is -2.12. The molecule has 0 unspecified atom stereocenters. The van der Waals surface area contributed by atoms with E-state index in [0.29, 0.717) is 24.0 Å². The highest BCUT2D eigenvalue weighted by molar-refractivity contribution is 6.30. The van der Waals surface area contributed by atoms with E-state index in [1.165, 1.54) is 12.8 Å². The first-order valence-electron chi connectivity index (χ1n) is 5.02. The van der Waals surface area contributed by atoms with Gasteiger partial charge in [0, 0.05) is 18.8 Å². The molecule has 2 aliphatic rings. The number of halogens is 1. The molecular formula is C10H11ClN2O. The predicted octanol–water partition coefficient (Wildman–Crippen LogP) is 1.93. The van der Waals surface area contributed by atoms with Crippen LogP contribution in [0.2, 0.25) is 5.15 Å². The Morgan fingerprint density at radius 3 is 2.86 bits per heavy atom. The molecule has 14 heavy (non-hydrogen) atoms. The Morgan fingerprint density at radius 1 is 1.36 bits per heavy atom. The normalized spacial score (nSPS) is 21.1. The number of imidazole rings is 1. The number of nitrogens with zero attached hydrogens (tertiary/aromatic N) is 2. The van der Waals surface area contributed by atoms with E-state index in [9.17, 15) is 4.79 Å². The zero-order valence-electron chi connectivity index (χ0n) is 7.79. The van der Waals surface area contributed by atoms with Gasteiger partial charge < -0.3 is 4.57 Å². The number of Topliss-reactive ketones (excluding diaryl/α,β-unsaturated/α-hetero) is 1. The Hall–Kier alpha value is -0.830. The summed E-state index contributed by atoms with van der Waals surface area (Å²) in [6.07, 6.45) is 3.77. The van der Waals surface area contributed by atoms with Crippen LogP contribution >= 0.6 is 11.6 Å². The van der Waals surface area contributed by atoms with Crippen LogP contribution in [0.1, 0.15) is 36.7 Å². The summed E-state index contributed by atoms with van der Waals surface area (Å²) in [5.41, 5.74) is 1.02. The number of carbonyl (C=O) groups excluding carboxylic acids is 1. The van der Waals surface area contributed by atoms with Gasteiger partial charge in [0.05, 0.1) is 12.2 Å². The molecule has 0 saturated heterocycles. The second-order valence-corrected chi connectivity index (χ2v) is 4.46. The standard InChI is InChI=1S/C10H11ClN2O/c11-10-9(6-1-2-6)12-8-4-3-7(14)5-13(8)10/h6H,1-5H2. The van der Waals surface area contributed by atoms with Gasteiger partial charge in [-0.15, -0.1) is 0 Å². The monoisotopic (exact) mass is 210 g/mol. The summed E-state index contributed by atoms with van der Waals surface area (Å²) in [5, 5.41) is 0.704. The molecule has 0 amide bonds. The molecule has 1 saturated carbocycles. The number of ketones is 1. The van der Waals surface area contributed by atoms with Crippen LogP contribution < -0.4 is 0 Å².